The van der Waals surface area contributed by atoms with Gasteiger partial charge in [0.05, 0.1) is 17.7 Å². The quantitative estimate of drug-likeness (QED) is 0.928. The third-order valence-corrected chi connectivity index (χ3v) is 2.93. The maximum atomic E-state index is 13.7. The number of para-hydroxylation sites is 1. The van der Waals surface area contributed by atoms with Crippen LogP contribution in [0.25, 0.3) is 0 Å². The lowest BCUT2D eigenvalue weighted by atomic mass is 10.1. The van der Waals surface area contributed by atoms with Crippen LogP contribution < -0.4 is 4.74 Å². The van der Waals surface area contributed by atoms with Crippen molar-refractivity contribution in [1.82, 2.24) is 0 Å². The van der Waals surface area contributed by atoms with Crippen molar-refractivity contribution < 1.29 is 14.2 Å². The molecule has 1 N–H and O–H groups in total. The predicted octanol–water partition coefficient (Wildman–Crippen LogP) is 3.33. The van der Waals surface area contributed by atoms with E-state index in [1.807, 2.05) is 6.07 Å². The van der Waals surface area contributed by atoms with E-state index in [0.717, 1.165) is 0 Å². The molecule has 0 saturated carbocycles. The van der Waals surface area contributed by atoms with E-state index in [4.69, 9.17) is 10.00 Å². The number of rotatable bonds is 4. The van der Waals surface area contributed by atoms with E-state index in [-0.39, 0.29) is 12.2 Å². The van der Waals surface area contributed by atoms with Gasteiger partial charge in [-0.15, -0.1) is 0 Å². The zero-order valence-electron chi connectivity index (χ0n) is 11.0. The van der Waals surface area contributed by atoms with E-state index in [9.17, 15) is 9.50 Å². The van der Waals surface area contributed by atoms with Crippen molar-refractivity contribution in [3.8, 4) is 11.8 Å². The molecule has 3 nitrogen and oxygen atoms in total. The van der Waals surface area contributed by atoms with E-state index in [0.29, 0.717) is 16.9 Å². The summed E-state index contributed by atoms with van der Waals surface area (Å²) >= 11 is 0. The Morgan fingerprint density at radius 3 is 2.70 bits per heavy atom. The second-order valence-corrected chi connectivity index (χ2v) is 4.42. The van der Waals surface area contributed by atoms with Crippen LogP contribution in [0.5, 0.6) is 5.75 Å². The Labute approximate surface area is 116 Å². The van der Waals surface area contributed by atoms with Crippen LogP contribution in [0.4, 0.5) is 4.39 Å². The van der Waals surface area contributed by atoms with Crippen molar-refractivity contribution in [3.05, 3.63) is 65.0 Å². The Kier molecular flexibility index (Phi) is 4.34. The fourth-order valence-corrected chi connectivity index (χ4v) is 1.85. The van der Waals surface area contributed by atoms with E-state index in [2.05, 4.69) is 0 Å². The molecule has 0 aliphatic rings. The van der Waals surface area contributed by atoms with Crippen molar-refractivity contribution in [2.24, 2.45) is 0 Å². The minimum Gasteiger partial charge on any atom is -0.488 e. The summed E-state index contributed by atoms with van der Waals surface area (Å²) in [6.07, 6.45) is -0.656. The number of benzene rings is 2. The van der Waals surface area contributed by atoms with Gasteiger partial charge in [0, 0.05) is 11.1 Å². The van der Waals surface area contributed by atoms with Gasteiger partial charge in [-0.25, -0.2) is 4.39 Å². The number of aliphatic hydroxyl groups excluding tert-OH is 1. The molecule has 0 unspecified atom stereocenters. The first kappa shape index (κ1) is 14.0. The van der Waals surface area contributed by atoms with E-state index in [1.54, 1.807) is 37.3 Å². The van der Waals surface area contributed by atoms with Gasteiger partial charge < -0.3 is 9.84 Å². The SMILES string of the molecule is C[C@@H](O)c1ccccc1OCc1ccc(C#N)cc1F. The van der Waals surface area contributed by atoms with Crippen LogP contribution in [0.3, 0.4) is 0 Å². The van der Waals surface area contributed by atoms with Crippen molar-refractivity contribution in [2.45, 2.75) is 19.6 Å². The van der Waals surface area contributed by atoms with E-state index in [1.165, 1.54) is 12.1 Å². The van der Waals surface area contributed by atoms with Gasteiger partial charge in [-0.05, 0) is 25.1 Å². The molecular weight excluding hydrogens is 257 g/mol. The Morgan fingerprint density at radius 1 is 1.30 bits per heavy atom. The number of aliphatic hydroxyl groups is 1. The topological polar surface area (TPSA) is 53.2 Å². The molecule has 0 aromatic heterocycles. The third-order valence-electron chi connectivity index (χ3n) is 2.93. The van der Waals surface area contributed by atoms with Crippen molar-refractivity contribution in [3.63, 3.8) is 0 Å². The molecule has 2 aromatic carbocycles. The average Bonchev–Trinajstić information content (AvgIpc) is 2.46. The minimum atomic E-state index is -0.656. The molecule has 102 valence electrons. The predicted molar refractivity (Wildman–Crippen MR) is 72.5 cm³/mol. The molecular formula is C16H14FNO2. The summed E-state index contributed by atoms with van der Waals surface area (Å²) in [4.78, 5) is 0. The Morgan fingerprint density at radius 2 is 2.05 bits per heavy atom. The third kappa shape index (κ3) is 3.14. The van der Waals surface area contributed by atoms with Crippen LogP contribution >= 0.6 is 0 Å². The Bertz CT molecular complexity index is 647. The minimum absolute atomic E-state index is 0.0429. The lowest BCUT2D eigenvalue weighted by Gasteiger charge is -2.13. The summed E-state index contributed by atoms with van der Waals surface area (Å²) in [7, 11) is 0. The number of hydrogen-bond donors (Lipinski definition) is 1. The smallest absolute Gasteiger partial charge is 0.131 e. The zero-order valence-corrected chi connectivity index (χ0v) is 11.0. The van der Waals surface area contributed by atoms with Gasteiger partial charge in [-0.2, -0.15) is 5.26 Å². The normalized spacial score (nSPS) is 11.7. The molecule has 2 aromatic rings. The Balaban J connectivity index is 2.15. The molecule has 0 bridgehead atoms. The maximum absolute atomic E-state index is 13.7. The highest BCUT2D eigenvalue weighted by atomic mass is 19.1. The van der Waals surface area contributed by atoms with Gasteiger partial charge in [0.15, 0.2) is 0 Å². The van der Waals surface area contributed by atoms with Gasteiger partial charge in [-0.1, -0.05) is 24.3 Å². The maximum Gasteiger partial charge on any atom is 0.131 e. The molecule has 0 aliphatic carbocycles. The number of ether oxygens (including phenoxy) is 1. The van der Waals surface area contributed by atoms with Crippen molar-refractivity contribution >= 4 is 0 Å². The molecule has 0 radical (unpaired) electrons. The molecule has 0 spiro atoms. The summed E-state index contributed by atoms with van der Waals surface area (Å²) in [5, 5.41) is 18.3. The van der Waals surface area contributed by atoms with Gasteiger partial charge >= 0.3 is 0 Å². The lowest BCUT2D eigenvalue weighted by Crippen LogP contribution is -2.02. The Hall–Kier alpha value is -2.38. The molecule has 0 aliphatic heterocycles. The average molecular weight is 271 g/mol. The second kappa shape index (κ2) is 6.18. The number of halogens is 1. The molecule has 0 fully saturated rings. The number of nitrogens with zero attached hydrogens (tertiary/aromatic N) is 1. The largest absolute Gasteiger partial charge is 0.488 e. The summed E-state index contributed by atoms with van der Waals surface area (Å²) in [6, 6.07) is 13.2. The van der Waals surface area contributed by atoms with Crippen LogP contribution in [0.2, 0.25) is 0 Å². The van der Waals surface area contributed by atoms with Gasteiger partial charge in [0.25, 0.3) is 0 Å². The van der Waals surface area contributed by atoms with Gasteiger partial charge in [-0.3, -0.25) is 0 Å². The molecule has 4 heteroatoms. The van der Waals surface area contributed by atoms with Crippen LogP contribution in [-0.2, 0) is 6.61 Å². The monoisotopic (exact) mass is 271 g/mol. The summed E-state index contributed by atoms with van der Waals surface area (Å²) in [6.45, 7) is 1.69. The van der Waals surface area contributed by atoms with Crippen LogP contribution in [0.15, 0.2) is 42.5 Å². The first-order valence-corrected chi connectivity index (χ1v) is 6.20. The summed E-state index contributed by atoms with van der Waals surface area (Å²) in [5.41, 5.74) is 1.29. The van der Waals surface area contributed by atoms with Gasteiger partial charge in [0.1, 0.15) is 18.2 Å². The summed E-state index contributed by atoms with van der Waals surface area (Å²) < 4.78 is 19.3. The van der Waals surface area contributed by atoms with E-state index >= 15 is 0 Å². The summed E-state index contributed by atoms with van der Waals surface area (Å²) in [5.74, 6) is 0.0461. The molecule has 1 atom stereocenters. The fraction of sp³-hybridized carbons (Fsp3) is 0.188. The van der Waals surface area contributed by atoms with Crippen LogP contribution in [0.1, 0.15) is 29.7 Å². The van der Waals surface area contributed by atoms with Gasteiger partial charge in [0.2, 0.25) is 0 Å². The zero-order chi connectivity index (χ0) is 14.5. The second-order valence-electron chi connectivity index (χ2n) is 4.42. The molecule has 0 heterocycles. The van der Waals surface area contributed by atoms with Crippen molar-refractivity contribution in [2.75, 3.05) is 0 Å². The molecule has 0 saturated heterocycles. The lowest BCUT2D eigenvalue weighted by molar-refractivity contribution is 0.190. The molecule has 2 rings (SSSR count). The standard InChI is InChI=1S/C16H14FNO2/c1-11(19)14-4-2-3-5-16(14)20-10-13-7-6-12(9-18)8-15(13)17/h2-8,11,19H,10H2,1H3/t11-/m1/s1. The van der Waals surface area contributed by atoms with Crippen LogP contribution in [0, 0.1) is 17.1 Å². The fourth-order valence-electron chi connectivity index (χ4n) is 1.85. The first-order valence-electron chi connectivity index (χ1n) is 6.20. The van der Waals surface area contributed by atoms with Crippen LogP contribution in [-0.4, -0.2) is 5.11 Å². The molecule has 0 amide bonds. The van der Waals surface area contributed by atoms with E-state index < -0.39 is 11.9 Å². The highest BCUT2D eigenvalue weighted by Gasteiger charge is 2.10. The number of nitriles is 1. The molecule has 20 heavy (non-hydrogen) atoms. The highest BCUT2D eigenvalue weighted by Crippen LogP contribution is 2.25. The number of hydrogen-bond acceptors (Lipinski definition) is 3. The van der Waals surface area contributed by atoms with Crippen molar-refractivity contribution in [1.29, 1.82) is 5.26 Å². The highest BCUT2D eigenvalue weighted by molar-refractivity contribution is 5.36. The first-order chi connectivity index (χ1) is 9.61.